The van der Waals surface area contributed by atoms with Crippen molar-refractivity contribution in [2.24, 2.45) is 10.9 Å². The number of hydrogen-bond donors (Lipinski definition) is 2. The summed E-state index contributed by atoms with van der Waals surface area (Å²) in [6.45, 7) is 12.3. The van der Waals surface area contributed by atoms with Crippen molar-refractivity contribution in [3.8, 4) is 0 Å². The minimum Gasteiger partial charge on any atom is -0.444 e. The van der Waals surface area contributed by atoms with E-state index in [1.807, 2.05) is 20.8 Å². The molecule has 1 atom stereocenters. The topological polar surface area (TPSA) is 66.0 Å². The Balaban J connectivity index is 0.00000484. The van der Waals surface area contributed by atoms with Gasteiger partial charge in [0.15, 0.2) is 5.96 Å². The fourth-order valence-electron chi connectivity index (χ4n) is 2.35. The standard InChI is InChI=1S/C16H30N4O2.HI/c1-6-9-18-14(17-5)19-11-13-8-7-10-20(12-13)15(21)22-16(2,3)4;/h6,13H,1,7-12H2,2-5H3,(H2,17,18,19);1H. The molecule has 0 radical (unpaired) electrons. The first-order chi connectivity index (χ1) is 10.4. The van der Waals surface area contributed by atoms with Crippen molar-refractivity contribution >= 4 is 36.0 Å². The Morgan fingerprint density at radius 1 is 1.43 bits per heavy atom. The number of likely N-dealkylation sites (tertiary alicyclic amines) is 1. The lowest BCUT2D eigenvalue weighted by atomic mass is 9.98. The Morgan fingerprint density at radius 2 is 2.13 bits per heavy atom. The number of carbonyl (C=O) groups excluding carboxylic acids is 1. The molecule has 1 heterocycles. The third-order valence-electron chi connectivity index (χ3n) is 3.37. The Bertz CT molecular complexity index is 407. The summed E-state index contributed by atoms with van der Waals surface area (Å²) in [4.78, 5) is 18.1. The molecule has 0 bridgehead atoms. The van der Waals surface area contributed by atoms with Crippen molar-refractivity contribution in [3.05, 3.63) is 12.7 Å². The van der Waals surface area contributed by atoms with Gasteiger partial charge >= 0.3 is 6.09 Å². The summed E-state index contributed by atoms with van der Waals surface area (Å²) in [6.07, 6.45) is 3.68. The van der Waals surface area contributed by atoms with E-state index in [2.05, 4.69) is 22.2 Å². The van der Waals surface area contributed by atoms with Crippen LogP contribution in [0.5, 0.6) is 0 Å². The second-order valence-corrected chi connectivity index (χ2v) is 6.56. The Kier molecular flexibility index (Phi) is 10.3. The van der Waals surface area contributed by atoms with Gasteiger partial charge in [0.1, 0.15) is 5.60 Å². The van der Waals surface area contributed by atoms with Gasteiger partial charge in [-0.2, -0.15) is 0 Å². The van der Waals surface area contributed by atoms with Crippen LogP contribution in [-0.2, 0) is 4.74 Å². The molecule has 1 aliphatic heterocycles. The lowest BCUT2D eigenvalue weighted by Crippen LogP contribution is -2.47. The molecule has 1 saturated heterocycles. The molecule has 0 aromatic carbocycles. The summed E-state index contributed by atoms with van der Waals surface area (Å²) in [6, 6.07) is 0. The van der Waals surface area contributed by atoms with E-state index >= 15 is 0 Å². The number of rotatable bonds is 4. The number of aliphatic imine (C=N–C) groups is 1. The van der Waals surface area contributed by atoms with Gasteiger partial charge in [0, 0.05) is 33.2 Å². The third kappa shape index (κ3) is 9.02. The van der Waals surface area contributed by atoms with Crippen LogP contribution in [0.1, 0.15) is 33.6 Å². The zero-order valence-electron chi connectivity index (χ0n) is 14.7. The molecule has 6 nitrogen and oxygen atoms in total. The first kappa shape index (κ1) is 22.0. The minimum atomic E-state index is -0.446. The average Bonchev–Trinajstić information content (AvgIpc) is 2.46. The van der Waals surface area contributed by atoms with Crippen molar-refractivity contribution in [1.29, 1.82) is 0 Å². The second kappa shape index (κ2) is 10.7. The van der Waals surface area contributed by atoms with Crippen LogP contribution >= 0.6 is 24.0 Å². The molecule has 2 N–H and O–H groups in total. The van der Waals surface area contributed by atoms with E-state index < -0.39 is 5.60 Å². The maximum Gasteiger partial charge on any atom is 0.410 e. The van der Waals surface area contributed by atoms with Crippen LogP contribution < -0.4 is 10.6 Å². The summed E-state index contributed by atoms with van der Waals surface area (Å²) in [5, 5.41) is 6.43. The molecule has 0 aromatic rings. The molecular weight excluding hydrogens is 407 g/mol. The molecule has 0 aromatic heterocycles. The number of hydrogen-bond acceptors (Lipinski definition) is 3. The molecule has 0 aliphatic carbocycles. The maximum atomic E-state index is 12.1. The van der Waals surface area contributed by atoms with Crippen LogP contribution in [0.15, 0.2) is 17.6 Å². The van der Waals surface area contributed by atoms with Gasteiger partial charge < -0.3 is 20.3 Å². The molecule has 0 spiro atoms. The summed E-state index contributed by atoms with van der Waals surface area (Å²) >= 11 is 0. The van der Waals surface area contributed by atoms with E-state index in [1.165, 1.54) is 0 Å². The molecule has 1 fully saturated rings. The van der Waals surface area contributed by atoms with Crippen molar-refractivity contribution in [3.63, 3.8) is 0 Å². The SMILES string of the molecule is C=CCNC(=NC)NCC1CCCN(C(=O)OC(C)(C)C)C1.I. The van der Waals surface area contributed by atoms with Gasteiger partial charge in [0.25, 0.3) is 0 Å². The van der Waals surface area contributed by atoms with E-state index in [0.29, 0.717) is 12.5 Å². The van der Waals surface area contributed by atoms with Gasteiger partial charge in [-0.15, -0.1) is 30.6 Å². The number of ether oxygens (including phenoxy) is 1. The predicted octanol–water partition coefficient (Wildman–Crippen LogP) is 2.60. The number of guanidine groups is 1. The van der Waals surface area contributed by atoms with E-state index in [4.69, 9.17) is 4.74 Å². The van der Waals surface area contributed by atoms with E-state index in [9.17, 15) is 4.79 Å². The fourth-order valence-corrected chi connectivity index (χ4v) is 2.35. The second-order valence-electron chi connectivity index (χ2n) is 6.56. The highest BCUT2D eigenvalue weighted by atomic mass is 127. The number of halogens is 1. The molecule has 1 aliphatic rings. The summed E-state index contributed by atoms with van der Waals surface area (Å²) in [5.41, 5.74) is -0.446. The van der Waals surface area contributed by atoms with E-state index in [0.717, 1.165) is 38.4 Å². The zero-order valence-corrected chi connectivity index (χ0v) is 17.1. The molecular formula is C16H31IN4O2. The number of carbonyl (C=O) groups is 1. The van der Waals surface area contributed by atoms with Gasteiger partial charge in [-0.3, -0.25) is 4.99 Å². The van der Waals surface area contributed by atoms with Gasteiger partial charge in [0.2, 0.25) is 0 Å². The molecule has 134 valence electrons. The first-order valence-corrected chi connectivity index (χ1v) is 7.89. The van der Waals surface area contributed by atoms with Gasteiger partial charge in [0.05, 0.1) is 0 Å². The van der Waals surface area contributed by atoms with Gasteiger partial charge in [-0.1, -0.05) is 6.08 Å². The smallest absolute Gasteiger partial charge is 0.410 e. The summed E-state index contributed by atoms with van der Waals surface area (Å²) < 4.78 is 5.44. The lowest BCUT2D eigenvalue weighted by molar-refractivity contribution is 0.0168. The maximum absolute atomic E-state index is 12.1. The minimum absolute atomic E-state index is 0. The first-order valence-electron chi connectivity index (χ1n) is 7.89. The van der Waals surface area contributed by atoms with Crippen LogP contribution in [0.25, 0.3) is 0 Å². The molecule has 1 rings (SSSR count). The Hall–Kier alpha value is -0.990. The molecule has 23 heavy (non-hydrogen) atoms. The molecule has 1 unspecified atom stereocenters. The highest BCUT2D eigenvalue weighted by molar-refractivity contribution is 14.0. The van der Waals surface area contributed by atoms with Gasteiger partial charge in [-0.25, -0.2) is 4.79 Å². The predicted molar refractivity (Wildman–Crippen MR) is 106 cm³/mol. The van der Waals surface area contributed by atoms with Crippen LogP contribution in [0.4, 0.5) is 4.79 Å². The zero-order chi connectivity index (χ0) is 16.6. The van der Waals surface area contributed by atoms with E-state index in [1.54, 1.807) is 18.0 Å². The van der Waals surface area contributed by atoms with E-state index in [-0.39, 0.29) is 30.1 Å². The largest absolute Gasteiger partial charge is 0.444 e. The van der Waals surface area contributed by atoms with Crippen molar-refractivity contribution in [2.75, 3.05) is 33.2 Å². The molecule has 0 saturated carbocycles. The van der Waals surface area contributed by atoms with Crippen molar-refractivity contribution in [1.82, 2.24) is 15.5 Å². The highest BCUT2D eigenvalue weighted by Gasteiger charge is 2.27. The van der Waals surface area contributed by atoms with Crippen LogP contribution in [0.2, 0.25) is 0 Å². The van der Waals surface area contributed by atoms with Crippen molar-refractivity contribution in [2.45, 2.75) is 39.2 Å². The Labute approximate surface area is 157 Å². The quantitative estimate of drug-likeness (QED) is 0.307. The molecule has 7 heteroatoms. The third-order valence-corrected chi connectivity index (χ3v) is 3.37. The lowest BCUT2D eigenvalue weighted by Gasteiger charge is -2.34. The van der Waals surface area contributed by atoms with Crippen LogP contribution in [0.3, 0.4) is 0 Å². The summed E-state index contributed by atoms with van der Waals surface area (Å²) in [5.74, 6) is 1.16. The van der Waals surface area contributed by atoms with Crippen LogP contribution in [0, 0.1) is 5.92 Å². The Morgan fingerprint density at radius 3 is 2.70 bits per heavy atom. The number of amides is 1. The normalized spacial score (nSPS) is 18.7. The fraction of sp³-hybridized carbons (Fsp3) is 0.750. The summed E-state index contributed by atoms with van der Waals surface area (Å²) in [7, 11) is 1.74. The highest BCUT2D eigenvalue weighted by Crippen LogP contribution is 2.18. The van der Waals surface area contributed by atoms with Crippen LogP contribution in [-0.4, -0.2) is 55.8 Å². The number of piperidine rings is 1. The molecule has 1 amide bonds. The van der Waals surface area contributed by atoms with Crippen molar-refractivity contribution < 1.29 is 9.53 Å². The number of nitrogens with zero attached hydrogens (tertiary/aromatic N) is 2. The average molecular weight is 438 g/mol. The van der Waals surface area contributed by atoms with Gasteiger partial charge in [-0.05, 0) is 39.5 Å². The number of nitrogens with one attached hydrogen (secondary N) is 2. The monoisotopic (exact) mass is 438 g/mol.